The molecule has 0 aliphatic heterocycles. The average molecular weight is 184 g/mol. The van der Waals surface area contributed by atoms with E-state index in [4.69, 9.17) is 0 Å². The van der Waals surface area contributed by atoms with Gasteiger partial charge >= 0.3 is 0 Å². The van der Waals surface area contributed by atoms with Gasteiger partial charge < -0.3 is 0 Å². The molecule has 0 radical (unpaired) electrons. The second-order valence-corrected chi connectivity index (χ2v) is 2.87. The predicted molar refractivity (Wildman–Crippen MR) is 52.9 cm³/mol. The fourth-order valence-electron chi connectivity index (χ4n) is 1.24. The fraction of sp³-hybridized carbons (Fsp3) is 0. The van der Waals surface area contributed by atoms with Crippen molar-refractivity contribution in [2.75, 3.05) is 0 Å². The molecule has 1 aromatic carbocycles. The molecule has 0 fully saturated rings. The summed E-state index contributed by atoms with van der Waals surface area (Å²) in [5.74, 6) is 0. The number of aldehydes is 1. The van der Waals surface area contributed by atoms with E-state index < -0.39 is 0 Å². The number of hydrogen-bond donors (Lipinski definition) is 0. The van der Waals surface area contributed by atoms with Crippen LogP contribution < -0.4 is 0 Å². The van der Waals surface area contributed by atoms with E-state index in [0.29, 0.717) is 5.56 Å². The standard InChI is InChI=1S/C11H8N2O/c14-7-9-2-1-3-10(4-9)11-5-12-8-13-6-11/h1-8H. The van der Waals surface area contributed by atoms with Crippen LogP contribution in [-0.4, -0.2) is 16.3 Å². The van der Waals surface area contributed by atoms with Crippen molar-refractivity contribution >= 4 is 6.29 Å². The van der Waals surface area contributed by atoms with Gasteiger partial charge in [0.1, 0.15) is 12.6 Å². The normalized spacial score (nSPS) is 9.71. The van der Waals surface area contributed by atoms with Crippen LogP contribution in [0, 0.1) is 0 Å². The van der Waals surface area contributed by atoms with Gasteiger partial charge in [-0.25, -0.2) is 9.97 Å². The van der Waals surface area contributed by atoms with Gasteiger partial charge in [0.2, 0.25) is 0 Å². The third-order valence-corrected chi connectivity index (χ3v) is 1.92. The van der Waals surface area contributed by atoms with Gasteiger partial charge in [-0.05, 0) is 11.6 Å². The molecule has 3 nitrogen and oxygen atoms in total. The lowest BCUT2D eigenvalue weighted by molar-refractivity contribution is 0.112. The Morgan fingerprint density at radius 1 is 1.07 bits per heavy atom. The average Bonchev–Trinajstić information content (AvgIpc) is 2.30. The third kappa shape index (κ3) is 1.66. The summed E-state index contributed by atoms with van der Waals surface area (Å²) in [6, 6.07) is 7.34. The van der Waals surface area contributed by atoms with Crippen molar-refractivity contribution in [2.45, 2.75) is 0 Å². The van der Waals surface area contributed by atoms with Crippen LogP contribution in [0.5, 0.6) is 0 Å². The first-order valence-corrected chi connectivity index (χ1v) is 4.21. The van der Waals surface area contributed by atoms with Crippen molar-refractivity contribution in [1.82, 2.24) is 9.97 Å². The number of nitrogens with zero attached hydrogens (tertiary/aromatic N) is 2. The number of aromatic nitrogens is 2. The summed E-state index contributed by atoms with van der Waals surface area (Å²) < 4.78 is 0. The fourth-order valence-corrected chi connectivity index (χ4v) is 1.24. The summed E-state index contributed by atoms with van der Waals surface area (Å²) in [4.78, 5) is 18.4. The molecular formula is C11H8N2O. The molecule has 0 unspecified atom stereocenters. The number of hydrogen-bond acceptors (Lipinski definition) is 3. The summed E-state index contributed by atoms with van der Waals surface area (Å²) in [5, 5.41) is 0. The molecule has 0 N–H and O–H groups in total. The minimum Gasteiger partial charge on any atom is -0.298 e. The Labute approximate surface area is 81.5 Å². The lowest BCUT2D eigenvalue weighted by Crippen LogP contribution is -1.84. The minimum absolute atomic E-state index is 0.659. The molecule has 3 heteroatoms. The van der Waals surface area contributed by atoms with Gasteiger partial charge in [0.05, 0.1) is 0 Å². The van der Waals surface area contributed by atoms with E-state index in [1.807, 2.05) is 18.2 Å². The van der Waals surface area contributed by atoms with E-state index in [0.717, 1.165) is 17.4 Å². The van der Waals surface area contributed by atoms with E-state index in [9.17, 15) is 4.79 Å². The highest BCUT2D eigenvalue weighted by molar-refractivity contribution is 5.78. The highest BCUT2D eigenvalue weighted by Crippen LogP contribution is 2.17. The molecule has 0 spiro atoms. The Balaban J connectivity index is 2.47. The summed E-state index contributed by atoms with van der Waals surface area (Å²) in [7, 11) is 0. The zero-order valence-electron chi connectivity index (χ0n) is 7.42. The first-order chi connectivity index (χ1) is 6.90. The van der Waals surface area contributed by atoms with Crippen LogP contribution in [-0.2, 0) is 0 Å². The SMILES string of the molecule is O=Cc1cccc(-c2cncnc2)c1. The largest absolute Gasteiger partial charge is 0.298 e. The Morgan fingerprint density at radius 2 is 1.86 bits per heavy atom. The highest BCUT2D eigenvalue weighted by atomic mass is 16.1. The monoisotopic (exact) mass is 184 g/mol. The number of benzene rings is 1. The maximum atomic E-state index is 10.6. The van der Waals surface area contributed by atoms with Gasteiger partial charge in [-0.1, -0.05) is 18.2 Å². The zero-order valence-corrected chi connectivity index (χ0v) is 7.42. The van der Waals surface area contributed by atoms with E-state index in [1.165, 1.54) is 6.33 Å². The molecule has 0 atom stereocenters. The van der Waals surface area contributed by atoms with Crippen molar-refractivity contribution in [3.05, 3.63) is 48.5 Å². The topological polar surface area (TPSA) is 42.9 Å². The number of carbonyl (C=O) groups excluding carboxylic acids is 1. The molecule has 2 rings (SSSR count). The Morgan fingerprint density at radius 3 is 2.57 bits per heavy atom. The van der Waals surface area contributed by atoms with E-state index in [2.05, 4.69) is 9.97 Å². The molecule has 0 amide bonds. The predicted octanol–water partition coefficient (Wildman–Crippen LogP) is 1.96. The van der Waals surface area contributed by atoms with Crippen LogP contribution in [0.1, 0.15) is 10.4 Å². The van der Waals surface area contributed by atoms with Crippen molar-refractivity contribution in [3.63, 3.8) is 0 Å². The van der Waals surface area contributed by atoms with Gasteiger partial charge in [-0.15, -0.1) is 0 Å². The number of carbonyl (C=O) groups is 1. The molecule has 68 valence electrons. The Hall–Kier alpha value is -2.03. The van der Waals surface area contributed by atoms with Crippen LogP contribution in [0.4, 0.5) is 0 Å². The van der Waals surface area contributed by atoms with Crippen LogP contribution in [0.25, 0.3) is 11.1 Å². The molecule has 0 bridgehead atoms. The third-order valence-electron chi connectivity index (χ3n) is 1.92. The molecule has 0 aliphatic rings. The van der Waals surface area contributed by atoms with Crippen LogP contribution >= 0.6 is 0 Å². The highest BCUT2D eigenvalue weighted by Gasteiger charge is 1.98. The van der Waals surface area contributed by atoms with E-state index in [1.54, 1.807) is 18.5 Å². The Bertz CT molecular complexity index is 440. The maximum absolute atomic E-state index is 10.6. The maximum Gasteiger partial charge on any atom is 0.150 e. The van der Waals surface area contributed by atoms with E-state index >= 15 is 0 Å². The minimum atomic E-state index is 0.659. The van der Waals surface area contributed by atoms with Gasteiger partial charge in [0.25, 0.3) is 0 Å². The molecule has 14 heavy (non-hydrogen) atoms. The van der Waals surface area contributed by atoms with Crippen LogP contribution in [0.3, 0.4) is 0 Å². The van der Waals surface area contributed by atoms with Crippen molar-refractivity contribution in [2.24, 2.45) is 0 Å². The first-order valence-electron chi connectivity index (χ1n) is 4.21. The summed E-state index contributed by atoms with van der Waals surface area (Å²) in [5.41, 5.74) is 2.53. The first kappa shape index (κ1) is 8.56. The summed E-state index contributed by atoms with van der Waals surface area (Å²) in [6.07, 6.45) is 5.74. The molecule has 2 aromatic rings. The van der Waals surface area contributed by atoms with Gasteiger partial charge in [0.15, 0.2) is 0 Å². The summed E-state index contributed by atoms with van der Waals surface area (Å²) in [6.45, 7) is 0. The van der Waals surface area contributed by atoms with Gasteiger partial charge in [-0.2, -0.15) is 0 Å². The second-order valence-electron chi connectivity index (χ2n) is 2.87. The molecule has 1 heterocycles. The van der Waals surface area contributed by atoms with Crippen LogP contribution in [0.2, 0.25) is 0 Å². The lowest BCUT2D eigenvalue weighted by Gasteiger charge is -1.99. The molecular weight excluding hydrogens is 176 g/mol. The quantitative estimate of drug-likeness (QED) is 0.670. The summed E-state index contributed by atoms with van der Waals surface area (Å²) >= 11 is 0. The van der Waals surface area contributed by atoms with Crippen molar-refractivity contribution in [3.8, 4) is 11.1 Å². The molecule has 0 saturated heterocycles. The molecule has 1 aromatic heterocycles. The van der Waals surface area contributed by atoms with Crippen molar-refractivity contribution in [1.29, 1.82) is 0 Å². The lowest BCUT2D eigenvalue weighted by atomic mass is 10.1. The van der Waals surface area contributed by atoms with Crippen molar-refractivity contribution < 1.29 is 4.79 Å². The smallest absolute Gasteiger partial charge is 0.150 e. The second kappa shape index (κ2) is 3.79. The number of rotatable bonds is 2. The zero-order chi connectivity index (χ0) is 9.80. The van der Waals surface area contributed by atoms with E-state index in [-0.39, 0.29) is 0 Å². The Kier molecular flexibility index (Phi) is 2.32. The van der Waals surface area contributed by atoms with Crippen LogP contribution in [0.15, 0.2) is 43.0 Å². The molecule has 0 saturated carbocycles. The van der Waals surface area contributed by atoms with Gasteiger partial charge in [-0.3, -0.25) is 4.79 Å². The molecule has 0 aliphatic carbocycles. The van der Waals surface area contributed by atoms with Gasteiger partial charge in [0, 0.05) is 23.5 Å².